The number of amides is 1. The van der Waals surface area contributed by atoms with E-state index in [1.165, 1.54) is 5.56 Å². The number of nitrogens with one attached hydrogen (secondary N) is 1. The standard InChI is InChI=1S/C17H19Cl2N3OS/c18-14-1-2-15(19)16(9-14)20-17(23)11-22-6-4-21(5-7-22)10-13-3-8-24-12-13/h1-3,8-9,12H,4-7,10-11H2,(H,20,23). The molecule has 0 bridgehead atoms. The molecule has 4 nitrogen and oxygen atoms in total. The maximum absolute atomic E-state index is 12.2. The molecule has 3 rings (SSSR count). The number of carbonyl (C=O) groups is 1. The summed E-state index contributed by atoms with van der Waals surface area (Å²) in [4.78, 5) is 16.8. The highest BCUT2D eigenvalue weighted by molar-refractivity contribution is 7.07. The van der Waals surface area contributed by atoms with Gasteiger partial charge in [0.1, 0.15) is 0 Å². The van der Waals surface area contributed by atoms with E-state index in [0.29, 0.717) is 22.3 Å². The van der Waals surface area contributed by atoms with E-state index < -0.39 is 0 Å². The van der Waals surface area contributed by atoms with Crippen molar-refractivity contribution in [2.24, 2.45) is 0 Å². The number of nitrogens with zero attached hydrogens (tertiary/aromatic N) is 2. The summed E-state index contributed by atoms with van der Waals surface area (Å²) < 4.78 is 0. The molecule has 1 aromatic heterocycles. The minimum atomic E-state index is -0.0644. The van der Waals surface area contributed by atoms with Crippen LogP contribution in [0.2, 0.25) is 10.0 Å². The summed E-state index contributed by atoms with van der Waals surface area (Å²) in [7, 11) is 0. The van der Waals surface area contributed by atoms with Crippen molar-refractivity contribution in [2.45, 2.75) is 6.54 Å². The molecule has 0 saturated carbocycles. The average molecular weight is 384 g/mol. The topological polar surface area (TPSA) is 35.6 Å². The number of thiophene rings is 1. The predicted octanol–water partition coefficient (Wildman–Crippen LogP) is 3.81. The largest absolute Gasteiger partial charge is 0.324 e. The van der Waals surface area contributed by atoms with Crippen LogP contribution in [-0.2, 0) is 11.3 Å². The molecule has 7 heteroatoms. The van der Waals surface area contributed by atoms with Crippen molar-refractivity contribution in [3.05, 3.63) is 50.6 Å². The second-order valence-corrected chi connectivity index (χ2v) is 7.48. The second-order valence-electron chi connectivity index (χ2n) is 5.86. The maximum atomic E-state index is 12.2. The van der Waals surface area contributed by atoms with Gasteiger partial charge in [-0.25, -0.2) is 0 Å². The molecule has 128 valence electrons. The van der Waals surface area contributed by atoms with Gasteiger partial charge in [-0.2, -0.15) is 11.3 Å². The molecule has 1 amide bonds. The van der Waals surface area contributed by atoms with E-state index in [1.54, 1.807) is 29.5 Å². The zero-order valence-corrected chi connectivity index (χ0v) is 15.5. The molecule has 1 saturated heterocycles. The Morgan fingerprint density at radius 3 is 2.58 bits per heavy atom. The predicted molar refractivity (Wildman–Crippen MR) is 101 cm³/mol. The van der Waals surface area contributed by atoms with Gasteiger partial charge in [0.15, 0.2) is 0 Å². The zero-order chi connectivity index (χ0) is 16.9. The molecular formula is C17H19Cl2N3OS. The minimum Gasteiger partial charge on any atom is -0.324 e. The lowest BCUT2D eigenvalue weighted by atomic mass is 10.2. The first-order valence-electron chi connectivity index (χ1n) is 7.81. The van der Waals surface area contributed by atoms with Gasteiger partial charge >= 0.3 is 0 Å². The van der Waals surface area contributed by atoms with Crippen LogP contribution in [0, 0.1) is 0 Å². The number of hydrogen-bond acceptors (Lipinski definition) is 4. The van der Waals surface area contributed by atoms with Crippen molar-refractivity contribution >= 4 is 46.1 Å². The molecule has 1 aliphatic heterocycles. The van der Waals surface area contributed by atoms with Gasteiger partial charge < -0.3 is 5.32 Å². The molecular weight excluding hydrogens is 365 g/mol. The molecule has 0 spiro atoms. The van der Waals surface area contributed by atoms with Gasteiger partial charge in [0.05, 0.1) is 17.3 Å². The second kappa shape index (κ2) is 8.32. The Kier molecular flexibility index (Phi) is 6.14. The van der Waals surface area contributed by atoms with Gasteiger partial charge in [0, 0.05) is 37.7 Å². The van der Waals surface area contributed by atoms with Crippen LogP contribution in [0.1, 0.15) is 5.56 Å². The molecule has 0 atom stereocenters. The molecule has 1 N–H and O–H groups in total. The summed E-state index contributed by atoms with van der Waals surface area (Å²) in [5.74, 6) is -0.0644. The summed E-state index contributed by atoms with van der Waals surface area (Å²) in [6.45, 7) is 5.08. The maximum Gasteiger partial charge on any atom is 0.238 e. The summed E-state index contributed by atoms with van der Waals surface area (Å²) in [6, 6.07) is 7.22. The van der Waals surface area contributed by atoms with Gasteiger partial charge in [-0.1, -0.05) is 23.2 Å². The molecule has 2 aromatic rings. The molecule has 0 unspecified atom stereocenters. The van der Waals surface area contributed by atoms with Gasteiger partial charge in [0.25, 0.3) is 0 Å². The summed E-state index contributed by atoms with van der Waals surface area (Å²) in [6.07, 6.45) is 0. The van der Waals surface area contributed by atoms with E-state index in [-0.39, 0.29) is 5.91 Å². The zero-order valence-electron chi connectivity index (χ0n) is 13.2. The minimum absolute atomic E-state index is 0.0644. The fourth-order valence-electron chi connectivity index (χ4n) is 2.73. The van der Waals surface area contributed by atoms with Gasteiger partial charge in [0.2, 0.25) is 5.91 Å². The normalized spacial score (nSPS) is 16.2. The number of benzene rings is 1. The van der Waals surface area contributed by atoms with E-state index in [0.717, 1.165) is 32.7 Å². The fraction of sp³-hybridized carbons (Fsp3) is 0.353. The third-order valence-corrected chi connectivity index (χ3v) is 5.32. The Hall–Kier alpha value is -1.11. The summed E-state index contributed by atoms with van der Waals surface area (Å²) in [5.41, 5.74) is 1.92. The summed E-state index contributed by atoms with van der Waals surface area (Å²) in [5, 5.41) is 8.18. The van der Waals surface area contributed by atoms with E-state index in [9.17, 15) is 4.79 Å². The van der Waals surface area contributed by atoms with Crippen LogP contribution in [0.4, 0.5) is 5.69 Å². The van der Waals surface area contributed by atoms with Crippen molar-refractivity contribution in [1.29, 1.82) is 0 Å². The van der Waals surface area contributed by atoms with Crippen LogP contribution < -0.4 is 5.32 Å². The monoisotopic (exact) mass is 383 g/mol. The van der Waals surface area contributed by atoms with E-state index >= 15 is 0 Å². The smallest absolute Gasteiger partial charge is 0.238 e. The van der Waals surface area contributed by atoms with Crippen LogP contribution in [0.3, 0.4) is 0 Å². The number of hydrogen-bond donors (Lipinski definition) is 1. The summed E-state index contributed by atoms with van der Waals surface area (Å²) >= 11 is 13.7. The average Bonchev–Trinajstić information content (AvgIpc) is 3.06. The first-order valence-corrected chi connectivity index (χ1v) is 9.51. The Morgan fingerprint density at radius 1 is 1.12 bits per heavy atom. The third-order valence-electron chi connectivity index (χ3n) is 4.02. The molecule has 0 radical (unpaired) electrons. The van der Waals surface area contributed by atoms with Gasteiger partial charge in [-0.15, -0.1) is 0 Å². The van der Waals surface area contributed by atoms with Gasteiger partial charge in [-0.3, -0.25) is 14.6 Å². The number of halogens is 2. The Morgan fingerprint density at radius 2 is 1.88 bits per heavy atom. The van der Waals surface area contributed by atoms with Crippen molar-refractivity contribution in [1.82, 2.24) is 9.80 Å². The van der Waals surface area contributed by atoms with Crippen LogP contribution in [-0.4, -0.2) is 48.4 Å². The molecule has 2 heterocycles. The van der Waals surface area contributed by atoms with E-state index in [1.807, 2.05) is 0 Å². The Balaban J connectivity index is 1.45. The lowest BCUT2D eigenvalue weighted by molar-refractivity contribution is -0.117. The van der Waals surface area contributed by atoms with Crippen LogP contribution in [0.15, 0.2) is 35.0 Å². The van der Waals surface area contributed by atoms with Crippen molar-refractivity contribution < 1.29 is 4.79 Å². The Bertz CT molecular complexity index is 685. The van der Waals surface area contributed by atoms with Crippen LogP contribution in [0.25, 0.3) is 0 Å². The number of piperazine rings is 1. The SMILES string of the molecule is O=C(CN1CCN(Cc2ccsc2)CC1)Nc1cc(Cl)ccc1Cl. The first-order chi connectivity index (χ1) is 11.6. The highest BCUT2D eigenvalue weighted by atomic mass is 35.5. The van der Waals surface area contributed by atoms with E-state index in [4.69, 9.17) is 23.2 Å². The van der Waals surface area contributed by atoms with Crippen LogP contribution in [0.5, 0.6) is 0 Å². The molecule has 1 fully saturated rings. The molecule has 1 aliphatic rings. The van der Waals surface area contributed by atoms with Crippen molar-refractivity contribution in [2.75, 3.05) is 38.0 Å². The third kappa shape index (κ3) is 4.94. The van der Waals surface area contributed by atoms with Crippen molar-refractivity contribution in [3.8, 4) is 0 Å². The molecule has 1 aromatic carbocycles. The number of rotatable bonds is 5. The van der Waals surface area contributed by atoms with Gasteiger partial charge in [-0.05, 0) is 40.6 Å². The highest BCUT2D eigenvalue weighted by Gasteiger charge is 2.19. The number of carbonyl (C=O) groups excluding carboxylic acids is 1. The van der Waals surface area contributed by atoms with Crippen molar-refractivity contribution in [3.63, 3.8) is 0 Å². The fourth-order valence-corrected chi connectivity index (χ4v) is 3.73. The lowest BCUT2D eigenvalue weighted by Crippen LogP contribution is -2.48. The number of anilines is 1. The van der Waals surface area contributed by atoms with E-state index in [2.05, 4.69) is 31.9 Å². The lowest BCUT2D eigenvalue weighted by Gasteiger charge is -2.34. The quantitative estimate of drug-likeness (QED) is 0.852. The first kappa shape index (κ1) is 17.7. The highest BCUT2D eigenvalue weighted by Crippen LogP contribution is 2.25. The molecule has 0 aliphatic carbocycles. The Labute approximate surface area is 156 Å². The van der Waals surface area contributed by atoms with Crippen LogP contribution >= 0.6 is 34.5 Å². The molecule has 24 heavy (non-hydrogen) atoms.